The third-order valence-electron chi connectivity index (χ3n) is 5.53. The molecule has 2 aromatic carbocycles. The van der Waals surface area contributed by atoms with Gasteiger partial charge in [0.05, 0.1) is 11.0 Å². The quantitative estimate of drug-likeness (QED) is 0.843. The van der Waals surface area contributed by atoms with E-state index in [0.717, 1.165) is 47.5 Å². The molecule has 1 heterocycles. The van der Waals surface area contributed by atoms with Crippen molar-refractivity contribution in [1.82, 2.24) is 0 Å². The van der Waals surface area contributed by atoms with Gasteiger partial charge in [-0.05, 0) is 80.6 Å². The Morgan fingerprint density at radius 2 is 1.63 bits per heavy atom. The van der Waals surface area contributed by atoms with Gasteiger partial charge in [-0.2, -0.15) is 0 Å². The van der Waals surface area contributed by atoms with E-state index in [1.807, 2.05) is 58.0 Å². The minimum Gasteiger partial charge on any atom is -0.380 e. The lowest BCUT2D eigenvalue weighted by atomic mass is 10.0. The zero-order valence-electron chi connectivity index (χ0n) is 16.7. The lowest BCUT2D eigenvalue weighted by molar-refractivity contribution is 0.121. The van der Waals surface area contributed by atoms with E-state index in [1.54, 1.807) is 7.11 Å². The Balaban J connectivity index is 1.83. The van der Waals surface area contributed by atoms with Crippen LogP contribution in [-0.2, 0) is 14.8 Å². The molecule has 0 aromatic heterocycles. The Kier molecular flexibility index (Phi) is 5.49. The van der Waals surface area contributed by atoms with Gasteiger partial charge in [-0.15, -0.1) is 0 Å². The molecule has 1 saturated heterocycles. The molecule has 0 bridgehead atoms. The molecule has 1 fully saturated rings. The first-order valence-electron chi connectivity index (χ1n) is 9.21. The second kappa shape index (κ2) is 7.52. The van der Waals surface area contributed by atoms with Gasteiger partial charge in [0.25, 0.3) is 10.0 Å². The summed E-state index contributed by atoms with van der Waals surface area (Å²) in [6.07, 6.45) is 1.27. The molecule has 27 heavy (non-hydrogen) atoms. The minimum atomic E-state index is -3.65. The third kappa shape index (κ3) is 3.96. The molecule has 0 radical (unpaired) electrons. The van der Waals surface area contributed by atoms with Gasteiger partial charge < -0.3 is 9.64 Å². The van der Waals surface area contributed by atoms with Crippen molar-refractivity contribution in [2.45, 2.75) is 45.1 Å². The van der Waals surface area contributed by atoms with Crippen LogP contribution in [0.25, 0.3) is 0 Å². The van der Waals surface area contributed by atoms with E-state index in [4.69, 9.17) is 4.74 Å². The van der Waals surface area contributed by atoms with Crippen LogP contribution in [0.2, 0.25) is 0 Å². The largest absolute Gasteiger partial charge is 0.380 e. The van der Waals surface area contributed by atoms with Crippen LogP contribution in [0.4, 0.5) is 11.4 Å². The summed E-state index contributed by atoms with van der Waals surface area (Å²) in [5.74, 6) is 0. The normalized spacial score (nSPS) is 17.4. The van der Waals surface area contributed by atoms with Gasteiger partial charge in [0, 0.05) is 31.6 Å². The van der Waals surface area contributed by atoms with Gasteiger partial charge in [0.2, 0.25) is 0 Å². The zero-order chi connectivity index (χ0) is 19.8. The topological polar surface area (TPSA) is 58.6 Å². The number of hydrogen-bond acceptors (Lipinski definition) is 4. The van der Waals surface area contributed by atoms with Crippen molar-refractivity contribution in [3.8, 4) is 0 Å². The second-order valence-electron chi connectivity index (χ2n) is 7.33. The van der Waals surface area contributed by atoms with Crippen molar-refractivity contribution in [2.75, 3.05) is 29.8 Å². The van der Waals surface area contributed by atoms with Crippen molar-refractivity contribution >= 4 is 21.4 Å². The molecule has 5 nitrogen and oxygen atoms in total. The van der Waals surface area contributed by atoms with Crippen molar-refractivity contribution in [2.24, 2.45) is 0 Å². The number of nitrogens with one attached hydrogen (secondary N) is 1. The molecule has 1 aliphatic rings. The third-order valence-corrected chi connectivity index (χ3v) is 7.18. The summed E-state index contributed by atoms with van der Waals surface area (Å²) in [4.78, 5) is 2.64. The predicted octanol–water partition coefficient (Wildman–Crippen LogP) is 3.95. The van der Waals surface area contributed by atoms with Crippen LogP contribution < -0.4 is 9.62 Å². The van der Waals surface area contributed by atoms with E-state index in [-0.39, 0.29) is 6.10 Å². The predicted molar refractivity (Wildman–Crippen MR) is 110 cm³/mol. The van der Waals surface area contributed by atoms with E-state index in [0.29, 0.717) is 10.6 Å². The summed E-state index contributed by atoms with van der Waals surface area (Å²) >= 11 is 0. The molecule has 3 rings (SSSR count). The van der Waals surface area contributed by atoms with Gasteiger partial charge in [0.1, 0.15) is 0 Å². The first-order valence-corrected chi connectivity index (χ1v) is 10.7. The molecule has 1 aliphatic heterocycles. The number of nitrogens with zero attached hydrogens (tertiary/aromatic N) is 1. The Bertz CT molecular complexity index is 911. The average Bonchev–Trinajstić information content (AvgIpc) is 3.09. The second-order valence-corrected chi connectivity index (χ2v) is 8.95. The number of aryl methyl sites for hydroxylation is 2. The fourth-order valence-electron chi connectivity index (χ4n) is 3.69. The fraction of sp³-hybridized carbons (Fsp3) is 0.429. The lowest BCUT2D eigenvalue weighted by Crippen LogP contribution is -2.22. The van der Waals surface area contributed by atoms with Gasteiger partial charge in [-0.25, -0.2) is 8.42 Å². The number of sulfonamides is 1. The van der Waals surface area contributed by atoms with Crippen LogP contribution in [0, 0.1) is 27.7 Å². The monoisotopic (exact) mass is 388 g/mol. The van der Waals surface area contributed by atoms with Crippen LogP contribution in [-0.4, -0.2) is 34.7 Å². The molecule has 0 aliphatic carbocycles. The van der Waals surface area contributed by atoms with Crippen LogP contribution >= 0.6 is 0 Å². The van der Waals surface area contributed by atoms with Crippen molar-refractivity contribution in [3.05, 3.63) is 52.6 Å². The Hall–Kier alpha value is -2.05. The average molecular weight is 389 g/mol. The highest BCUT2D eigenvalue weighted by Gasteiger charge is 2.24. The maximum absolute atomic E-state index is 13.0. The van der Waals surface area contributed by atoms with E-state index in [2.05, 4.69) is 9.62 Å². The summed E-state index contributed by atoms with van der Waals surface area (Å²) in [5.41, 5.74) is 5.20. The highest BCUT2D eigenvalue weighted by molar-refractivity contribution is 7.92. The van der Waals surface area contributed by atoms with Gasteiger partial charge in [0.15, 0.2) is 0 Å². The number of ether oxygens (including phenoxy) is 1. The molecular weight excluding hydrogens is 360 g/mol. The van der Waals surface area contributed by atoms with E-state index in [9.17, 15) is 8.42 Å². The molecule has 1 unspecified atom stereocenters. The van der Waals surface area contributed by atoms with Crippen LogP contribution in [0.5, 0.6) is 0 Å². The summed E-state index contributed by atoms with van der Waals surface area (Å²) in [7, 11) is -1.91. The molecule has 146 valence electrons. The molecule has 1 atom stereocenters. The molecule has 6 heteroatoms. The Morgan fingerprint density at radius 1 is 1.04 bits per heavy atom. The first kappa shape index (κ1) is 19.7. The minimum absolute atomic E-state index is 0.263. The summed E-state index contributed by atoms with van der Waals surface area (Å²) in [6.45, 7) is 9.42. The van der Waals surface area contributed by atoms with Gasteiger partial charge in [-0.1, -0.05) is 6.07 Å². The summed E-state index contributed by atoms with van der Waals surface area (Å²) < 4.78 is 34.2. The lowest BCUT2D eigenvalue weighted by Gasteiger charge is -2.19. The van der Waals surface area contributed by atoms with Crippen LogP contribution in [0.3, 0.4) is 0 Å². The molecule has 1 N–H and O–H groups in total. The number of anilines is 2. The maximum atomic E-state index is 13.0. The van der Waals surface area contributed by atoms with Crippen molar-refractivity contribution < 1.29 is 13.2 Å². The van der Waals surface area contributed by atoms with Crippen LogP contribution in [0.1, 0.15) is 28.7 Å². The maximum Gasteiger partial charge on any atom is 0.262 e. The van der Waals surface area contributed by atoms with Crippen LogP contribution in [0.15, 0.2) is 35.2 Å². The fourth-order valence-corrected chi connectivity index (χ4v) is 5.36. The standard InChI is InChI=1S/C21H28N2O3S/c1-14-12-15(2)17(4)21(16(14)3)27(24,25)22-18-6-8-19(9-7-18)23-11-10-20(13-23)26-5/h6-9,12,20,22H,10-11,13H2,1-5H3. The molecule has 0 amide bonds. The van der Waals surface area contributed by atoms with Crippen molar-refractivity contribution in [3.63, 3.8) is 0 Å². The number of hydrogen-bond donors (Lipinski definition) is 1. The molecular formula is C21H28N2O3S. The number of benzene rings is 2. The molecule has 2 aromatic rings. The molecule has 0 spiro atoms. The van der Waals surface area contributed by atoms with Gasteiger partial charge in [-0.3, -0.25) is 4.72 Å². The zero-order valence-corrected chi connectivity index (χ0v) is 17.5. The van der Waals surface area contributed by atoms with Gasteiger partial charge >= 0.3 is 0 Å². The summed E-state index contributed by atoms with van der Waals surface area (Å²) in [6, 6.07) is 9.58. The Morgan fingerprint density at radius 3 is 2.15 bits per heavy atom. The Labute approximate surface area is 162 Å². The number of methoxy groups -OCH3 is 1. The van der Waals surface area contributed by atoms with E-state index < -0.39 is 10.0 Å². The first-order chi connectivity index (χ1) is 12.7. The SMILES string of the molecule is COC1CCN(c2ccc(NS(=O)(=O)c3c(C)c(C)cc(C)c3C)cc2)C1. The highest BCUT2D eigenvalue weighted by atomic mass is 32.2. The van der Waals surface area contributed by atoms with E-state index >= 15 is 0 Å². The smallest absolute Gasteiger partial charge is 0.262 e. The molecule has 0 saturated carbocycles. The van der Waals surface area contributed by atoms with Crippen molar-refractivity contribution in [1.29, 1.82) is 0 Å². The number of rotatable bonds is 5. The van der Waals surface area contributed by atoms with E-state index in [1.165, 1.54) is 0 Å². The highest BCUT2D eigenvalue weighted by Crippen LogP contribution is 2.29. The summed E-state index contributed by atoms with van der Waals surface area (Å²) in [5, 5.41) is 0.